The van der Waals surface area contributed by atoms with Gasteiger partial charge in [0.15, 0.2) is 5.15 Å². The molecule has 0 amide bonds. The molecule has 0 saturated heterocycles. The Morgan fingerprint density at radius 2 is 1.68 bits per heavy atom. The van der Waals surface area contributed by atoms with Crippen molar-refractivity contribution in [3.63, 3.8) is 0 Å². The zero-order valence-corrected chi connectivity index (χ0v) is 11.9. The van der Waals surface area contributed by atoms with Crippen molar-refractivity contribution in [1.29, 1.82) is 0 Å². The minimum absolute atomic E-state index is 0.406. The number of pyridine rings is 1. The van der Waals surface area contributed by atoms with Crippen molar-refractivity contribution in [2.75, 3.05) is 0 Å². The molecule has 0 spiro atoms. The van der Waals surface area contributed by atoms with Crippen LogP contribution in [0.3, 0.4) is 0 Å². The maximum atomic E-state index is 6.04. The molecule has 0 aliphatic heterocycles. The third-order valence-electron chi connectivity index (χ3n) is 2.51. The van der Waals surface area contributed by atoms with Gasteiger partial charge < -0.3 is 0 Å². The fourth-order valence-electron chi connectivity index (χ4n) is 1.64. The van der Waals surface area contributed by atoms with Crippen LogP contribution in [0.1, 0.15) is 0 Å². The van der Waals surface area contributed by atoms with Crippen LogP contribution in [0.15, 0.2) is 52.6 Å². The van der Waals surface area contributed by atoms with Crippen LogP contribution in [0.5, 0.6) is 0 Å². The van der Waals surface area contributed by atoms with Gasteiger partial charge in [0.2, 0.25) is 0 Å². The molecule has 1 aromatic carbocycles. The van der Waals surface area contributed by atoms with Crippen LogP contribution in [0.25, 0.3) is 10.8 Å². The predicted molar refractivity (Wildman–Crippen MR) is 77.9 cm³/mol. The molecule has 2 heterocycles. The summed E-state index contributed by atoms with van der Waals surface area (Å²) in [5.41, 5.74) is 0. The van der Waals surface area contributed by atoms with E-state index in [1.54, 1.807) is 12.3 Å². The molecule has 0 aliphatic rings. The molecule has 3 rings (SSSR count). The van der Waals surface area contributed by atoms with E-state index in [4.69, 9.17) is 23.2 Å². The second-order valence-corrected chi connectivity index (χ2v) is 5.56. The normalized spacial score (nSPS) is 10.8. The molecular formula is C13H7Cl2N3S. The van der Waals surface area contributed by atoms with Gasteiger partial charge in [-0.1, -0.05) is 47.5 Å². The van der Waals surface area contributed by atoms with Crippen molar-refractivity contribution in [3.8, 4) is 0 Å². The Hall–Kier alpha value is -1.36. The van der Waals surface area contributed by atoms with Crippen LogP contribution in [0.2, 0.25) is 10.2 Å². The number of hydrogen-bond acceptors (Lipinski definition) is 4. The summed E-state index contributed by atoms with van der Waals surface area (Å²) >= 11 is 13.3. The van der Waals surface area contributed by atoms with Gasteiger partial charge in [0.05, 0.1) is 5.02 Å². The highest BCUT2D eigenvalue weighted by atomic mass is 35.5. The Kier molecular flexibility index (Phi) is 3.55. The first kappa shape index (κ1) is 12.7. The van der Waals surface area contributed by atoms with Gasteiger partial charge in [0.25, 0.3) is 0 Å². The molecule has 0 aliphatic carbocycles. The van der Waals surface area contributed by atoms with E-state index in [2.05, 4.69) is 15.2 Å². The van der Waals surface area contributed by atoms with Gasteiger partial charge in [-0.05, 0) is 23.9 Å². The second-order valence-electron chi connectivity index (χ2n) is 3.76. The Labute approximate surface area is 124 Å². The lowest BCUT2D eigenvalue weighted by Gasteiger charge is -2.05. The Morgan fingerprint density at radius 1 is 0.895 bits per heavy atom. The number of hydrogen-bond donors (Lipinski definition) is 0. The lowest BCUT2D eigenvalue weighted by Crippen LogP contribution is -1.90. The van der Waals surface area contributed by atoms with Gasteiger partial charge in [-0.3, -0.25) is 0 Å². The number of fused-ring (bicyclic) bond motifs is 1. The smallest absolute Gasteiger partial charge is 0.159 e. The molecule has 94 valence electrons. The molecule has 0 radical (unpaired) electrons. The van der Waals surface area contributed by atoms with Gasteiger partial charge in [-0.15, -0.1) is 10.2 Å². The van der Waals surface area contributed by atoms with Gasteiger partial charge in [-0.2, -0.15) is 0 Å². The van der Waals surface area contributed by atoms with Crippen molar-refractivity contribution >= 4 is 45.7 Å². The molecular weight excluding hydrogens is 301 g/mol. The van der Waals surface area contributed by atoms with Gasteiger partial charge in [0.1, 0.15) is 10.1 Å². The lowest BCUT2D eigenvalue weighted by atomic mass is 10.2. The first-order chi connectivity index (χ1) is 9.24. The topological polar surface area (TPSA) is 38.7 Å². The molecule has 0 N–H and O–H groups in total. The van der Waals surface area contributed by atoms with Crippen LogP contribution in [0.4, 0.5) is 0 Å². The summed E-state index contributed by atoms with van der Waals surface area (Å²) in [4.78, 5) is 4.23. The SMILES string of the molecule is Clc1ccc(Sc2nnc(Cl)c3ccccc23)nc1. The van der Waals surface area contributed by atoms with Gasteiger partial charge in [0, 0.05) is 17.0 Å². The van der Waals surface area contributed by atoms with Crippen molar-refractivity contribution < 1.29 is 0 Å². The molecule has 0 atom stereocenters. The summed E-state index contributed by atoms with van der Waals surface area (Å²) in [7, 11) is 0. The number of benzene rings is 1. The molecule has 0 bridgehead atoms. The van der Waals surface area contributed by atoms with E-state index in [0.717, 1.165) is 20.8 Å². The Balaban J connectivity index is 2.06. The van der Waals surface area contributed by atoms with Crippen LogP contribution in [0, 0.1) is 0 Å². The molecule has 6 heteroatoms. The van der Waals surface area contributed by atoms with Crippen LogP contribution >= 0.6 is 35.0 Å². The monoisotopic (exact) mass is 307 g/mol. The molecule has 19 heavy (non-hydrogen) atoms. The Morgan fingerprint density at radius 3 is 2.42 bits per heavy atom. The molecule has 0 unspecified atom stereocenters. The van der Waals surface area contributed by atoms with Gasteiger partial charge >= 0.3 is 0 Å². The fraction of sp³-hybridized carbons (Fsp3) is 0. The van der Waals surface area contributed by atoms with Gasteiger partial charge in [-0.25, -0.2) is 4.98 Å². The first-order valence-electron chi connectivity index (χ1n) is 5.44. The average molecular weight is 308 g/mol. The predicted octanol–water partition coefficient (Wildman–Crippen LogP) is 4.48. The summed E-state index contributed by atoms with van der Waals surface area (Å²) < 4.78 is 0. The number of halogens is 2. The summed E-state index contributed by atoms with van der Waals surface area (Å²) in [5, 5.41) is 12.5. The molecule has 2 aromatic heterocycles. The number of nitrogens with zero attached hydrogens (tertiary/aromatic N) is 3. The minimum Gasteiger partial charge on any atom is -0.248 e. The van der Waals surface area contributed by atoms with E-state index < -0.39 is 0 Å². The van der Waals surface area contributed by atoms with Crippen molar-refractivity contribution in [2.45, 2.75) is 10.1 Å². The van der Waals surface area contributed by atoms with E-state index in [9.17, 15) is 0 Å². The zero-order valence-electron chi connectivity index (χ0n) is 9.55. The molecule has 3 aromatic rings. The van der Waals surface area contributed by atoms with Crippen molar-refractivity contribution in [2.24, 2.45) is 0 Å². The lowest BCUT2D eigenvalue weighted by molar-refractivity contribution is 0.953. The molecule has 0 fully saturated rings. The highest BCUT2D eigenvalue weighted by Gasteiger charge is 2.09. The molecule has 3 nitrogen and oxygen atoms in total. The second kappa shape index (κ2) is 5.33. The average Bonchev–Trinajstić information content (AvgIpc) is 2.45. The highest BCUT2D eigenvalue weighted by Crippen LogP contribution is 2.32. The zero-order chi connectivity index (χ0) is 13.2. The maximum Gasteiger partial charge on any atom is 0.159 e. The van der Waals surface area contributed by atoms with Crippen LogP contribution < -0.4 is 0 Å². The number of aromatic nitrogens is 3. The van der Waals surface area contributed by atoms with E-state index in [0.29, 0.717) is 10.2 Å². The third-order valence-corrected chi connectivity index (χ3v) is 3.96. The standard InChI is InChI=1S/C13H7Cl2N3S/c14-8-5-6-11(16-7-8)19-13-10-4-2-1-3-9(10)12(15)17-18-13/h1-7H. The fourth-order valence-corrected chi connectivity index (χ4v) is 2.77. The van der Waals surface area contributed by atoms with E-state index in [1.807, 2.05) is 30.3 Å². The van der Waals surface area contributed by atoms with Crippen LogP contribution in [-0.2, 0) is 0 Å². The summed E-state index contributed by atoms with van der Waals surface area (Å²) in [6.07, 6.45) is 1.61. The summed E-state index contributed by atoms with van der Waals surface area (Å²) in [5.74, 6) is 0. The molecule has 0 saturated carbocycles. The minimum atomic E-state index is 0.406. The Bertz CT molecular complexity index is 732. The van der Waals surface area contributed by atoms with E-state index in [1.165, 1.54) is 11.8 Å². The van der Waals surface area contributed by atoms with E-state index in [-0.39, 0.29) is 0 Å². The number of rotatable bonds is 2. The first-order valence-corrected chi connectivity index (χ1v) is 7.01. The highest BCUT2D eigenvalue weighted by molar-refractivity contribution is 7.99. The maximum absolute atomic E-state index is 6.04. The summed E-state index contributed by atoms with van der Waals surface area (Å²) in [6.45, 7) is 0. The third kappa shape index (κ3) is 2.66. The summed E-state index contributed by atoms with van der Waals surface area (Å²) in [6, 6.07) is 11.4. The van der Waals surface area contributed by atoms with Crippen molar-refractivity contribution in [1.82, 2.24) is 15.2 Å². The quantitative estimate of drug-likeness (QED) is 0.699. The van der Waals surface area contributed by atoms with E-state index >= 15 is 0 Å². The van der Waals surface area contributed by atoms with Crippen LogP contribution in [-0.4, -0.2) is 15.2 Å². The largest absolute Gasteiger partial charge is 0.248 e. The van der Waals surface area contributed by atoms with Crippen molar-refractivity contribution in [3.05, 3.63) is 52.8 Å².